The quantitative estimate of drug-likeness (QED) is 0.383. The van der Waals surface area contributed by atoms with Crippen LogP contribution in [0.15, 0.2) is 49.2 Å². The van der Waals surface area contributed by atoms with Gasteiger partial charge in [-0.15, -0.1) is 6.58 Å². The molecule has 11 heteroatoms. The first kappa shape index (κ1) is 24.9. The summed E-state index contributed by atoms with van der Waals surface area (Å²) in [6.45, 7) is 6.02. The lowest BCUT2D eigenvalue weighted by molar-refractivity contribution is -0.121. The van der Waals surface area contributed by atoms with Crippen molar-refractivity contribution in [3.63, 3.8) is 0 Å². The molecule has 0 spiro atoms. The fourth-order valence-corrected chi connectivity index (χ4v) is 5.84. The van der Waals surface area contributed by atoms with Crippen LogP contribution >= 0.6 is 11.6 Å². The number of nitrogens with one attached hydrogen (secondary N) is 1. The number of sulfonamides is 1. The van der Waals surface area contributed by atoms with E-state index in [2.05, 4.69) is 16.4 Å². The lowest BCUT2D eigenvalue weighted by Gasteiger charge is -2.31. The number of likely N-dealkylation sites (tertiary alicyclic amines) is 1. The summed E-state index contributed by atoms with van der Waals surface area (Å²) in [7, 11) is -2.28. The molecule has 0 saturated carbocycles. The van der Waals surface area contributed by atoms with E-state index in [9.17, 15) is 18.0 Å². The van der Waals surface area contributed by atoms with E-state index in [1.165, 1.54) is 12.2 Å². The number of aromatic nitrogens is 3. The Balaban J connectivity index is 1.58. The number of aryl methyl sites for hydroxylation is 2. The molecule has 0 aliphatic carbocycles. The highest BCUT2D eigenvalue weighted by Gasteiger charge is 2.32. The molecule has 4 rings (SSSR count). The molecule has 2 aromatic heterocycles. The number of Topliss-reactive ketones (excluding diaryl/α,β-unsaturated/α-hetero) is 1. The Morgan fingerprint density at radius 2 is 1.97 bits per heavy atom. The Morgan fingerprint density at radius 1 is 1.26 bits per heavy atom. The maximum Gasteiger partial charge on any atom is 0.257 e. The minimum atomic E-state index is -4.08. The second-order valence-corrected chi connectivity index (χ2v) is 10.6. The first-order valence-electron chi connectivity index (χ1n) is 11.0. The maximum atomic E-state index is 12.9. The standard InChI is InChI=1S/C24H26ClN5O4S/c1-4-23(29-12-10-19(31)11-13-29)35(33,34)27-22(32)8-6-20-16(2)26-28(3)24(20)30-14-9-17-15-18(25)5-7-21(17)30/h4-9,14-15,23H,1,10-13H2,2-3H3,(H,27,32)/b8-6+. The Hall–Kier alpha value is -3.21. The van der Waals surface area contributed by atoms with Crippen LogP contribution in [0.5, 0.6) is 0 Å². The number of fused-ring (bicyclic) bond motifs is 1. The van der Waals surface area contributed by atoms with Gasteiger partial charge in [0.2, 0.25) is 0 Å². The monoisotopic (exact) mass is 515 g/mol. The molecule has 35 heavy (non-hydrogen) atoms. The van der Waals surface area contributed by atoms with Crippen LogP contribution in [0, 0.1) is 6.92 Å². The van der Waals surface area contributed by atoms with Gasteiger partial charge in [0.15, 0.2) is 5.37 Å². The van der Waals surface area contributed by atoms with Gasteiger partial charge in [-0.1, -0.05) is 17.7 Å². The molecular formula is C24H26ClN5O4S. The lowest BCUT2D eigenvalue weighted by atomic mass is 10.1. The first-order valence-corrected chi connectivity index (χ1v) is 13.0. The topological polar surface area (TPSA) is 106 Å². The molecule has 3 heterocycles. The number of carbonyl (C=O) groups is 2. The van der Waals surface area contributed by atoms with Crippen molar-refractivity contribution in [2.45, 2.75) is 25.1 Å². The third kappa shape index (κ3) is 5.09. The van der Waals surface area contributed by atoms with E-state index in [0.717, 1.165) is 10.9 Å². The molecule has 1 unspecified atom stereocenters. The zero-order valence-electron chi connectivity index (χ0n) is 19.4. The molecule has 1 aliphatic heterocycles. The van der Waals surface area contributed by atoms with Crippen LogP contribution in [-0.2, 0) is 26.7 Å². The Bertz CT molecular complexity index is 1440. The molecule has 9 nitrogen and oxygen atoms in total. The van der Waals surface area contributed by atoms with Crippen LogP contribution in [0.25, 0.3) is 22.8 Å². The molecule has 184 valence electrons. The van der Waals surface area contributed by atoms with Gasteiger partial charge in [-0.2, -0.15) is 5.10 Å². The van der Waals surface area contributed by atoms with Gasteiger partial charge in [0, 0.05) is 61.2 Å². The molecule has 1 N–H and O–H groups in total. The molecular weight excluding hydrogens is 490 g/mol. The van der Waals surface area contributed by atoms with Crippen molar-refractivity contribution < 1.29 is 18.0 Å². The van der Waals surface area contributed by atoms with Crippen molar-refractivity contribution >= 4 is 50.3 Å². The van der Waals surface area contributed by atoms with Crippen molar-refractivity contribution in [3.05, 3.63) is 65.5 Å². The number of amides is 1. The zero-order chi connectivity index (χ0) is 25.3. The number of rotatable bonds is 7. The van der Waals surface area contributed by atoms with Crippen LogP contribution in [0.4, 0.5) is 0 Å². The SMILES string of the molecule is C=CC(N1CCC(=O)CC1)S(=O)(=O)NC(=O)/C=C/c1c(C)nn(C)c1-n1ccc2cc(Cl)ccc21. The Labute approximate surface area is 208 Å². The number of carbonyl (C=O) groups excluding carboxylic acids is 2. The van der Waals surface area contributed by atoms with E-state index in [4.69, 9.17) is 11.6 Å². The summed E-state index contributed by atoms with van der Waals surface area (Å²) < 4.78 is 31.5. The van der Waals surface area contributed by atoms with Crippen LogP contribution in [0.3, 0.4) is 0 Å². The average molecular weight is 516 g/mol. The number of ketones is 1. The van der Waals surface area contributed by atoms with Crippen molar-refractivity contribution in [1.29, 1.82) is 0 Å². The first-order chi connectivity index (χ1) is 16.6. The van der Waals surface area contributed by atoms with Gasteiger partial charge < -0.3 is 4.57 Å². The van der Waals surface area contributed by atoms with E-state index >= 15 is 0 Å². The number of nitrogens with zero attached hydrogens (tertiary/aromatic N) is 4. The van der Waals surface area contributed by atoms with Crippen molar-refractivity contribution in [2.75, 3.05) is 13.1 Å². The fourth-order valence-electron chi connectivity index (χ4n) is 4.33. The normalized spacial score (nSPS) is 16.1. The van der Waals surface area contributed by atoms with E-state index in [1.54, 1.807) is 28.8 Å². The van der Waals surface area contributed by atoms with Crippen LogP contribution in [-0.4, -0.2) is 57.8 Å². The van der Waals surface area contributed by atoms with Crippen LogP contribution in [0.1, 0.15) is 24.1 Å². The maximum absolute atomic E-state index is 12.9. The number of benzene rings is 1. The smallest absolute Gasteiger partial charge is 0.257 e. The van der Waals surface area contributed by atoms with Crippen molar-refractivity contribution in [2.24, 2.45) is 7.05 Å². The van der Waals surface area contributed by atoms with Gasteiger partial charge in [0.25, 0.3) is 15.9 Å². The zero-order valence-corrected chi connectivity index (χ0v) is 21.0. The number of piperidine rings is 1. The largest absolute Gasteiger partial charge is 0.301 e. The molecule has 0 radical (unpaired) electrons. The van der Waals surface area contributed by atoms with Gasteiger partial charge in [-0.05, 0) is 37.3 Å². The van der Waals surface area contributed by atoms with E-state index < -0.39 is 21.3 Å². The minimum Gasteiger partial charge on any atom is -0.301 e. The highest BCUT2D eigenvalue weighted by molar-refractivity contribution is 7.90. The molecule has 1 aromatic carbocycles. The molecule has 1 amide bonds. The third-order valence-electron chi connectivity index (χ3n) is 6.00. The summed E-state index contributed by atoms with van der Waals surface area (Å²) >= 11 is 6.11. The van der Waals surface area contributed by atoms with E-state index in [1.807, 2.05) is 35.9 Å². The van der Waals surface area contributed by atoms with Gasteiger partial charge in [-0.3, -0.25) is 19.2 Å². The summed E-state index contributed by atoms with van der Waals surface area (Å²) in [5.41, 5.74) is 2.25. The highest BCUT2D eigenvalue weighted by atomic mass is 35.5. The fraction of sp³-hybridized carbons (Fsp3) is 0.292. The van der Waals surface area contributed by atoms with Gasteiger partial charge in [0.1, 0.15) is 11.6 Å². The molecule has 1 saturated heterocycles. The molecule has 1 aliphatic rings. The minimum absolute atomic E-state index is 0.0923. The number of hydrogen-bond acceptors (Lipinski definition) is 6. The van der Waals surface area contributed by atoms with Gasteiger partial charge in [0.05, 0.1) is 11.2 Å². The Morgan fingerprint density at radius 3 is 2.66 bits per heavy atom. The summed E-state index contributed by atoms with van der Waals surface area (Å²) in [4.78, 5) is 25.7. The third-order valence-corrected chi connectivity index (χ3v) is 7.84. The number of hydrogen-bond donors (Lipinski definition) is 1. The second kappa shape index (κ2) is 9.80. The number of halogens is 1. The van der Waals surface area contributed by atoms with Crippen LogP contribution in [0.2, 0.25) is 5.02 Å². The predicted octanol–water partition coefficient (Wildman–Crippen LogP) is 2.96. The molecule has 1 fully saturated rings. The summed E-state index contributed by atoms with van der Waals surface area (Å²) in [6.07, 6.45) is 6.42. The molecule has 1 atom stereocenters. The van der Waals surface area contributed by atoms with Crippen LogP contribution < -0.4 is 4.72 Å². The Kier molecular flexibility index (Phi) is 6.98. The average Bonchev–Trinajstić information content (AvgIpc) is 3.32. The molecule has 3 aromatic rings. The van der Waals surface area contributed by atoms with E-state index in [-0.39, 0.29) is 18.6 Å². The second-order valence-electron chi connectivity index (χ2n) is 8.38. The highest BCUT2D eigenvalue weighted by Crippen LogP contribution is 2.27. The predicted molar refractivity (Wildman–Crippen MR) is 136 cm³/mol. The van der Waals surface area contributed by atoms with Crippen molar-refractivity contribution in [3.8, 4) is 5.82 Å². The summed E-state index contributed by atoms with van der Waals surface area (Å²) in [6, 6.07) is 7.49. The summed E-state index contributed by atoms with van der Waals surface area (Å²) in [5, 5.41) is 4.94. The van der Waals surface area contributed by atoms with E-state index in [0.29, 0.717) is 35.2 Å². The van der Waals surface area contributed by atoms with Gasteiger partial charge in [-0.25, -0.2) is 13.1 Å². The summed E-state index contributed by atoms with van der Waals surface area (Å²) in [5.74, 6) is 0.0200. The molecule has 0 bridgehead atoms. The van der Waals surface area contributed by atoms with Gasteiger partial charge >= 0.3 is 0 Å². The van der Waals surface area contributed by atoms with Crippen molar-refractivity contribution in [1.82, 2.24) is 24.0 Å². The lowest BCUT2D eigenvalue weighted by Crippen LogP contribution is -2.49.